The Bertz CT molecular complexity index is 958. The van der Waals surface area contributed by atoms with E-state index in [2.05, 4.69) is 20.8 Å². The van der Waals surface area contributed by atoms with Crippen LogP contribution in [0.4, 0.5) is 8.78 Å². The third kappa shape index (κ3) is 8.37. The second-order valence-electron chi connectivity index (χ2n) is 9.20. The van der Waals surface area contributed by atoms with E-state index < -0.39 is 34.8 Å². The Morgan fingerprint density at radius 3 is 2.06 bits per heavy atom. The van der Waals surface area contributed by atoms with Crippen molar-refractivity contribution in [1.29, 1.82) is 0 Å². The normalized spacial score (nSPS) is 12.7. The number of aryl methyl sites for hydroxylation is 1. The standard InChI is InChI=1S/C12H13F2N2O3S.3C4H9.Sn/c1-20(17,18)6-2-5-16-11-4-3-10(19-12(13)14)7-9(11)8-15-16;3*1-3-4-2;/h3-4,7,12H,2,5-6H2,1H3;3*1,3-4H2,2H3;. The molecule has 0 amide bonds. The van der Waals surface area contributed by atoms with Crippen LogP contribution in [0.25, 0.3) is 10.9 Å². The molecule has 0 unspecified atom stereocenters. The Morgan fingerprint density at radius 1 is 1.00 bits per heavy atom. The topological polar surface area (TPSA) is 61.2 Å². The summed E-state index contributed by atoms with van der Waals surface area (Å²) < 4.78 is 60.6. The first kappa shape index (κ1) is 28.3. The van der Waals surface area contributed by atoms with Crippen LogP contribution in [0, 0.1) is 0 Å². The van der Waals surface area contributed by atoms with Crippen LogP contribution in [0.3, 0.4) is 0 Å². The van der Waals surface area contributed by atoms with Crippen molar-refractivity contribution in [2.24, 2.45) is 0 Å². The Morgan fingerprint density at radius 2 is 1.58 bits per heavy atom. The number of fused-ring (bicyclic) bond motifs is 1. The Labute approximate surface area is 202 Å². The molecule has 0 aliphatic rings. The first-order valence-corrected chi connectivity index (χ1v) is 21.8. The molecule has 1 heterocycles. The number of alkyl halides is 2. The number of nitrogens with zero attached hydrogens (tertiary/aromatic N) is 2. The van der Waals surface area contributed by atoms with Crippen LogP contribution >= 0.6 is 0 Å². The fourth-order valence-corrected chi connectivity index (χ4v) is 21.4. The molecule has 2 aromatic rings. The fraction of sp³-hybridized carbons (Fsp3) is 0.708. The molecule has 1 aromatic carbocycles. The summed E-state index contributed by atoms with van der Waals surface area (Å²) in [6, 6.07) is 5.11. The van der Waals surface area contributed by atoms with Gasteiger partial charge in [0.1, 0.15) is 0 Å². The van der Waals surface area contributed by atoms with Gasteiger partial charge in [-0.15, -0.1) is 0 Å². The van der Waals surface area contributed by atoms with Gasteiger partial charge in [-0.3, -0.25) is 0 Å². The molecule has 0 saturated carbocycles. The van der Waals surface area contributed by atoms with E-state index in [0.717, 1.165) is 33.9 Å². The van der Waals surface area contributed by atoms with Crippen molar-refractivity contribution in [3.63, 3.8) is 0 Å². The molecule has 5 nitrogen and oxygen atoms in total. The average molecular weight is 593 g/mol. The second kappa shape index (κ2) is 13.3. The van der Waals surface area contributed by atoms with Gasteiger partial charge in [0.25, 0.3) is 0 Å². The van der Waals surface area contributed by atoms with Crippen LogP contribution in [-0.4, -0.2) is 55.2 Å². The number of rotatable bonds is 16. The summed E-state index contributed by atoms with van der Waals surface area (Å²) in [5.74, 6) is 0.266. The number of unbranched alkanes of at least 4 members (excludes halogenated alkanes) is 3. The summed E-state index contributed by atoms with van der Waals surface area (Å²) in [5, 5.41) is 6.07. The number of benzene rings is 1. The van der Waals surface area contributed by atoms with Gasteiger partial charge in [0, 0.05) is 0 Å². The maximum absolute atomic E-state index is 13.0. The molecule has 1 aromatic heterocycles. The molecular weight excluding hydrogens is 553 g/mol. The average Bonchev–Trinajstić information content (AvgIpc) is 3.10. The third-order valence-electron chi connectivity index (χ3n) is 6.36. The zero-order valence-electron chi connectivity index (χ0n) is 20.6. The van der Waals surface area contributed by atoms with Crippen LogP contribution in [-0.2, 0) is 16.4 Å². The zero-order chi connectivity index (χ0) is 24.5. The van der Waals surface area contributed by atoms with E-state index in [0.29, 0.717) is 13.0 Å². The number of hydrogen-bond acceptors (Lipinski definition) is 4. The molecule has 0 saturated heterocycles. The summed E-state index contributed by atoms with van der Waals surface area (Å²) >= 11 is -2.97. The maximum atomic E-state index is 13.0. The molecule has 0 aliphatic heterocycles. The molecule has 0 radical (unpaired) electrons. The summed E-state index contributed by atoms with van der Waals surface area (Å²) in [7, 11) is -3.06. The first-order chi connectivity index (χ1) is 15.7. The van der Waals surface area contributed by atoms with E-state index in [1.54, 1.807) is 18.2 Å². The van der Waals surface area contributed by atoms with Crippen LogP contribution in [0.1, 0.15) is 65.7 Å². The summed E-state index contributed by atoms with van der Waals surface area (Å²) in [6.45, 7) is 4.27. The van der Waals surface area contributed by atoms with E-state index >= 15 is 0 Å². The van der Waals surface area contributed by atoms with Crippen molar-refractivity contribution in [1.82, 2.24) is 9.78 Å². The molecule has 0 fully saturated rings. The molecule has 188 valence electrons. The minimum absolute atomic E-state index is 0.103. The molecule has 0 N–H and O–H groups in total. The molecular formula is C24H40F2N2O3SSn. The van der Waals surface area contributed by atoms with Crippen molar-refractivity contribution < 1.29 is 21.9 Å². The predicted molar refractivity (Wildman–Crippen MR) is 135 cm³/mol. The van der Waals surface area contributed by atoms with Crippen molar-refractivity contribution in [2.45, 2.75) is 92.2 Å². The molecule has 33 heavy (non-hydrogen) atoms. The van der Waals surface area contributed by atoms with E-state index in [9.17, 15) is 17.2 Å². The van der Waals surface area contributed by atoms with Crippen molar-refractivity contribution in [3.05, 3.63) is 18.2 Å². The molecule has 0 atom stereocenters. The van der Waals surface area contributed by atoms with Gasteiger partial charge in [0.15, 0.2) is 0 Å². The van der Waals surface area contributed by atoms with Gasteiger partial charge in [0.05, 0.1) is 0 Å². The molecule has 0 bridgehead atoms. The van der Waals surface area contributed by atoms with E-state index in [4.69, 9.17) is 9.84 Å². The van der Waals surface area contributed by atoms with Crippen molar-refractivity contribution in [2.75, 3.05) is 12.0 Å². The van der Waals surface area contributed by atoms with Crippen LogP contribution in [0.15, 0.2) is 18.2 Å². The SMILES string of the molecule is CCC[CH2][Sn]([CH2]CCC)([CH2]CCC)[c]1nn(CCCS(C)(=O)=O)c2ccc(OC(F)F)cc12. The van der Waals surface area contributed by atoms with Gasteiger partial charge in [-0.1, -0.05) is 0 Å². The van der Waals surface area contributed by atoms with Crippen LogP contribution < -0.4 is 8.45 Å². The minimum atomic E-state index is -3.06. The number of sulfone groups is 1. The Balaban J connectivity index is 2.62. The number of halogens is 2. The third-order valence-corrected chi connectivity index (χ3v) is 22.5. The Kier molecular flexibility index (Phi) is 11.4. The summed E-state index contributed by atoms with van der Waals surface area (Å²) in [6.07, 6.45) is 8.61. The van der Waals surface area contributed by atoms with Gasteiger partial charge in [-0.05, 0) is 0 Å². The fourth-order valence-electron chi connectivity index (χ4n) is 4.65. The van der Waals surface area contributed by atoms with Crippen LogP contribution in [0.2, 0.25) is 13.3 Å². The number of ether oxygens (including phenoxy) is 1. The summed E-state index contributed by atoms with van der Waals surface area (Å²) in [4.78, 5) is 0. The van der Waals surface area contributed by atoms with Gasteiger partial charge in [-0.25, -0.2) is 0 Å². The second-order valence-corrected chi connectivity index (χ2v) is 24.4. The predicted octanol–water partition coefficient (Wildman–Crippen LogP) is 6.13. The molecule has 0 spiro atoms. The van der Waals surface area contributed by atoms with E-state index in [1.165, 1.54) is 38.8 Å². The van der Waals surface area contributed by atoms with Crippen molar-refractivity contribution >= 4 is 42.8 Å². The van der Waals surface area contributed by atoms with Gasteiger partial charge in [0.2, 0.25) is 0 Å². The zero-order valence-corrected chi connectivity index (χ0v) is 24.2. The molecule has 2 rings (SSSR count). The van der Waals surface area contributed by atoms with Gasteiger partial charge in [-0.2, -0.15) is 0 Å². The molecule has 9 heteroatoms. The quantitative estimate of drug-likeness (QED) is 0.220. The monoisotopic (exact) mass is 594 g/mol. The van der Waals surface area contributed by atoms with E-state index in [1.807, 2.05) is 4.68 Å². The molecule has 0 aliphatic carbocycles. The Hall–Kier alpha value is -0.901. The number of hydrogen-bond donors (Lipinski definition) is 0. The van der Waals surface area contributed by atoms with Gasteiger partial charge >= 0.3 is 203 Å². The van der Waals surface area contributed by atoms with E-state index in [-0.39, 0.29) is 11.5 Å². The first-order valence-electron chi connectivity index (χ1n) is 12.3. The van der Waals surface area contributed by atoms with Crippen LogP contribution in [0.5, 0.6) is 5.75 Å². The van der Waals surface area contributed by atoms with Gasteiger partial charge < -0.3 is 0 Å². The summed E-state index contributed by atoms with van der Waals surface area (Å²) in [5.41, 5.74) is 0.894. The van der Waals surface area contributed by atoms with Crippen molar-refractivity contribution in [3.8, 4) is 5.75 Å². The number of aromatic nitrogens is 2.